The van der Waals surface area contributed by atoms with Crippen molar-refractivity contribution < 1.29 is 9.90 Å². The summed E-state index contributed by atoms with van der Waals surface area (Å²) in [6.45, 7) is 6.42. The van der Waals surface area contributed by atoms with Gasteiger partial charge in [-0.05, 0) is 25.8 Å². The Morgan fingerprint density at radius 3 is 2.54 bits per heavy atom. The number of benzene rings is 1. The van der Waals surface area contributed by atoms with E-state index in [9.17, 15) is 9.90 Å². The van der Waals surface area contributed by atoms with Crippen molar-refractivity contribution in [1.82, 2.24) is 14.7 Å². The lowest BCUT2D eigenvalue weighted by atomic mass is 10.1. The number of aromatic nitrogens is 2. The highest BCUT2D eigenvalue weighted by atomic mass is 16.3. The molecule has 2 rings (SSSR count). The van der Waals surface area contributed by atoms with Gasteiger partial charge in [-0.2, -0.15) is 5.10 Å². The van der Waals surface area contributed by atoms with Crippen LogP contribution in [0.1, 0.15) is 48.8 Å². The molecule has 0 saturated carbocycles. The highest BCUT2D eigenvalue weighted by Crippen LogP contribution is 2.16. The Kier molecular flexibility index (Phi) is 5.78. The molecular weight excluding hydrogens is 302 g/mol. The summed E-state index contributed by atoms with van der Waals surface area (Å²) in [6.07, 6.45) is 3.39. The average Bonchev–Trinajstić information content (AvgIpc) is 2.89. The van der Waals surface area contributed by atoms with Gasteiger partial charge in [0.1, 0.15) is 0 Å². The van der Waals surface area contributed by atoms with E-state index in [1.54, 1.807) is 32.0 Å². The maximum absolute atomic E-state index is 12.7. The van der Waals surface area contributed by atoms with E-state index >= 15 is 0 Å². The van der Waals surface area contributed by atoms with Crippen molar-refractivity contribution in [3.05, 3.63) is 53.3 Å². The number of carbonyl (C=O) groups excluding carboxylic acids is 1. The molecule has 0 unspecified atom stereocenters. The van der Waals surface area contributed by atoms with Crippen LogP contribution in [0.3, 0.4) is 0 Å². The summed E-state index contributed by atoms with van der Waals surface area (Å²) in [4.78, 5) is 14.3. The molecule has 24 heavy (non-hydrogen) atoms. The number of amides is 1. The third-order valence-corrected chi connectivity index (χ3v) is 3.81. The first-order chi connectivity index (χ1) is 11.3. The summed E-state index contributed by atoms with van der Waals surface area (Å²) < 4.78 is 1.91. The zero-order chi connectivity index (χ0) is 17.7. The second-order valence-electron chi connectivity index (χ2n) is 6.87. The highest BCUT2D eigenvalue weighted by Gasteiger charge is 2.24. The van der Waals surface area contributed by atoms with Gasteiger partial charge >= 0.3 is 0 Å². The van der Waals surface area contributed by atoms with E-state index in [4.69, 9.17) is 0 Å². The highest BCUT2D eigenvalue weighted by molar-refractivity contribution is 5.95. The van der Waals surface area contributed by atoms with Crippen molar-refractivity contribution in [2.45, 2.75) is 45.8 Å². The molecule has 0 aliphatic carbocycles. The van der Waals surface area contributed by atoms with Crippen molar-refractivity contribution in [2.24, 2.45) is 0 Å². The molecule has 0 atom stereocenters. The molecule has 130 valence electrons. The van der Waals surface area contributed by atoms with Crippen LogP contribution in [-0.4, -0.2) is 44.9 Å². The number of nitrogens with zero attached hydrogens (tertiary/aromatic N) is 3. The van der Waals surface area contributed by atoms with Gasteiger partial charge in [0.05, 0.1) is 29.6 Å². The largest absolute Gasteiger partial charge is 0.389 e. The summed E-state index contributed by atoms with van der Waals surface area (Å²) in [5.74, 6) is -0.0973. The number of likely N-dealkylation sites (N-methyl/N-ethyl adjacent to an activating group) is 1. The molecule has 0 spiro atoms. The summed E-state index contributed by atoms with van der Waals surface area (Å²) in [7, 11) is 1.71. The van der Waals surface area contributed by atoms with Crippen molar-refractivity contribution in [3.8, 4) is 0 Å². The third-order valence-electron chi connectivity index (χ3n) is 3.81. The summed E-state index contributed by atoms with van der Waals surface area (Å²) in [5, 5.41) is 14.4. The van der Waals surface area contributed by atoms with Crippen LogP contribution in [0.5, 0.6) is 0 Å². The number of aliphatic hydroxyl groups is 1. The second kappa shape index (κ2) is 7.62. The van der Waals surface area contributed by atoms with E-state index in [1.165, 1.54) is 0 Å². The first-order valence-electron chi connectivity index (χ1n) is 8.38. The van der Waals surface area contributed by atoms with Crippen molar-refractivity contribution in [1.29, 1.82) is 0 Å². The van der Waals surface area contributed by atoms with Gasteiger partial charge in [-0.15, -0.1) is 0 Å². The van der Waals surface area contributed by atoms with E-state index in [0.717, 1.165) is 24.1 Å². The molecule has 0 fully saturated rings. The Morgan fingerprint density at radius 1 is 1.29 bits per heavy atom. The molecule has 1 aromatic heterocycles. The summed E-state index contributed by atoms with van der Waals surface area (Å²) in [6, 6.07) is 10.1. The normalized spacial score (nSPS) is 11.5. The minimum Gasteiger partial charge on any atom is -0.389 e. The molecule has 5 nitrogen and oxygen atoms in total. The predicted octanol–water partition coefficient (Wildman–Crippen LogP) is 2.73. The fraction of sp³-hybridized carbons (Fsp3) is 0.474. The summed E-state index contributed by atoms with van der Waals surface area (Å²) >= 11 is 0. The molecule has 2 aromatic rings. The maximum atomic E-state index is 12.7. The van der Waals surface area contributed by atoms with E-state index in [2.05, 4.69) is 24.2 Å². The Labute approximate surface area is 143 Å². The fourth-order valence-corrected chi connectivity index (χ4v) is 2.84. The van der Waals surface area contributed by atoms with E-state index in [1.807, 2.05) is 22.9 Å². The van der Waals surface area contributed by atoms with Gasteiger partial charge in [-0.25, -0.2) is 0 Å². The van der Waals surface area contributed by atoms with Crippen LogP contribution < -0.4 is 0 Å². The number of hydrogen-bond acceptors (Lipinski definition) is 3. The molecule has 1 amide bonds. The number of carbonyl (C=O) groups is 1. The lowest BCUT2D eigenvalue weighted by Gasteiger charge is -2.25. The van der Waals surface area contributed by atoms with Crippen LogP contribution in [-0.2, 0) is 13.0 Å². The minimum atomic E-state index is -0.921. The van der Waals surface area contributed by atoms with Crippen molar-refractivity contribution in [2.75, 3.05) is 13.6 Å². The molecule has 0 aliphatic heterocycles. The van der Waals surface area contributed by atoms with Gasteiger partial charge in [0.25, 0.3) is 5.91 Å². The Hall–Kier alpha value is -2.14. The molecule has 0 saturated heterocycles. The minimum absolute atomic E-state index is 0.0973. The van der Waals surface area contributed by atoms with Gasteiger partial charge < -0.3 is 10.0 Å². The topological polar surface area (TPSA) is 58.4 Å². The quantitative estimate of drug-likeness (QED) is 0.850. The Bertz CT molecular complexity index is 672. The van der Waals surface area contributed by atoms with Gasteiger partial charge in [0.2, 0.25) is 0 Å². The van der Waals surface area contributed by atoms with Crippen LogP contribution in [0.4, 0.5) is 0 Å². The molecule has 0 aliphatic rings. The van der Waals surface area contributed by atoms with Crippen LogP contribution in [0, 0.1) is 0 Å². The Balaban J connectivity index is 2.25. The molecular formula is C19H27N3O2. The molecule has 5 heteroatoms. The molecule has 1 N–H and O–H groups in total. The van der Waals surface area contributed by atoms with Gasteiger partial charge in [0, 0.05) is 13.6 Å². The molecule has 1 heterocycles. The Morgan fingerprint density at radius 2 is 1.96 bits per heavy atom. The lowest BCUT2D eigenvalue weighted by molar-refractivity contribution is 0.0367. The monoisotopic (exact) mass is 329 g/mol. The van der Waals surface area contributed by atoms with Gasteiger partial charge in [0.15, 0.2) is 0 Å². The SMILES string of the molecule is CCCc1c(C(=O)N(C)CC(C)(C)O)cnn1Cc1ccccc1. The third kappa shape index (κ3) is 4.68. The van der Waals surface area contributed by atoms with E-state index in [-0.39, 0.29) is 12.5 Å². The lowest BCUT2D eigenvalue weighted by Crippen LogP contribution is -2.39. The average molecular weight is 329 g/mol. The van der Waals surface area contributed by atoms with Gasteiger partial charge in [-0.1, -0.05) is 43.7 Å². The first-order valence-corrected chi connectivity index (χ1v) is 8.38. The standard InChI is InChI=1S/C19H27N3O2/c1-5-9-17-16(18(23)21(4)14-19(2,3)24)12-20-22(17)13-15-10-7-6-8-11-15/h6-8,10-12,24H,5,9,13-14H2,1-4H3. The zero-order valence-corrected chi connectivity index (χ0v) is 15.0. The fourth-order valence-electron chi connectivity index (χ4n) is 2.84. The van der Waals surface area contributed by atoms with Crippen LogP contribution >= 0.6 is 0 Å². The van der Waals surface area contributed by atoms with E-state index < -0.39 is 5.60 Å². The molecule has 0 radical (unpaired) electrons. The van der Waals surface area contributed by atoms with Crippen LogP contribution in [0.25, 0.3) is 0 Å². The van der Waals surface area contributed by atoms with E-state index in [0.29, 0.717) is 12.1 Å². The molecule has 0 bridgehead atoms. The van der Waals surface area contributed by atoms with Gasteiger partial charge in [-0.3, -0.25) is 9.48 Å². The number of rotatable bonds is 7. The second-order valence-corrected chi connectivity index (χ2v) is 6.87. The summed E-state index contributed by atoms with van der Waals surface area (Å²) in [5.41, 5.74) is 1.81. The zero-order valence-electron chi connectivity index (χ0n) is 15.0. The van der Waals surface area contributed by atoms with Crippen LogP contribution in [0.2, 0.25) is 0 Å². The predicted molar refractivity (Wildman–Crippen MR) is 95.0 cm³/mol. The number of hydrogen-bond donors (Lipinski definition) is 1. The smallest absolute Gasteiger partial charge is 0.257 e. The first kappa shape index (κ1) is 18.2. The maximum Gasteiger partial charge on any atom is 0.257 e. The van der Waals surface area contributed by atoms with Crippen LogP contribution in [0.15, 0.2) is 36.5 Å². The van der Waals surface area contributed by atoms with Crippen molar-refractivity contribution >= 4 is 5.91 Å². The molecule has 1 aromatic carbocycles. The van der Waals surface area contributed by atoms with Crippen molar-refractivity contribution in [3.63, 3.8) is 0 Å².